The van der Waals surface area contributed by atoms with E-state index in [-0.39, 0.29) is 12.5 Å². The molecule has 7 heteroatoms. The molecule has 3 aromatic rings. The van der Waals surface area contributed by atoms with Gasteiger partial charge in [0.1, 0.15) is 6.67 Å². The van der Waals surface area contributed by atoms with Crippen LogP contribution < -0.4 is 0 Å². The van der Waals surface area contributed by atoms with E-state index in [1.807, 2.05) is 18.5 Å². The zero-order valence-electron chi connectivity index (χ0n) is 19.7. The van der Waals surface area contributed by atoms with Gasteiger partial charge >= 0.3 is 0 Å². The van der Waals surface area contributed by atoms with Crippen molar-refractivity contribution >= 4 is 5.91 Å². The van der Waals surface area contributed by atoms with E-state index in [9.17, 15) is 9.18 Å². The van der Waals surface area contributed by atoms with Crippen LogP contribution in [0.25, 0.3) is 22.4 Å². The van der Waals surface area contributed by atoms with Crippen molar-refractivity contribution in [3.8, 4) is 22.4 Å². The van der Waals surface area contributed by atoms with Gasteiger partial charge in [0.25, 0.3) is 5.91 Å². The lowest BCUT2D eigenvalue weighted by molar-refractivity contribution is 0.0767. The Labute approximate surface area is 199 Å². The Morgan fingerprint density at radius 2 is 1.88 bits per heavy atom. The van der Waals surface area contributed by atoms with Crippen LogP contribution in [0, 0.1) is 5.41 Å². The third-order valence-corrected chi connectivity index (χ3v) is 7.81. The molecule has 0 bridgehead atoms. The van der Waals surface area contributed by atoms with Gasteiger partial charge in [-0.15, -0.1) is 0 Å². The predicted molar refractivity (Wildman–Crippen MR) is 128 cm³/mol. The average Bonchev–Trinajstić information content (AvgIpc) is 3.62. The third kappa shape index (κ3) is 3.71. The molecule has 176 valence electrons. The number of hydrogen-bond donors (Lipinski definition) is 0. The Morgan fingerprint density at radius 3 is 2.71 bits per heavy atom. The maximum atomic E-state index is 12.9. The molecule has 0 unspecified atom stereocenters. The highest BCUT2D eigenvalue weighted by atomic mass is 19.1. The van der Waals surface area contributed by atoms with Crippen LogP contribution in [0.5, 0.6) is 0 Å². The number of rotatable bonds is 6. The Balaban J connectivity index is 1.39. The Bertz CT molecular complexity index is 1260. The molecular formula is C27H30FN5O. The van der Waals surface area contributed by atoms with Crippen LogP contribution in [0.4, 0.5) is 4.39 Å². The second kappa shape index (κ2) is 8.29. The van der Waals surface area contributed by atoms with Crippen molar-refractivity contribution in [2.45, 2.75) is 65.0 Å². The smallest absolute Gasteiger partial charge is 0.256 e. The fourth-order valence-corrected chi connectivity index (χ4v) is 5.92. The summed E-state index contributed by atoms with van der Waals surface area (Å²) in [6, 6.07) is 4.15. The minimum atomic E-state index is -0.549. The van der Waals surface area contributed by atoms with Gasteiger partial charge in [0.2, 0.25) is 0 Å². The van der Waals surface area contributed by atoms with Gasteiger partial charge in [-0.25, -0.2) is 4.39 Å². The highest BCUT2D eigenvalue weighted by molar-refractivity contribution is 5.99. The molecule has 2 aliphatic carbocycles. The summed E-state index contributed by atoms with van der Waals surface area (Å²) in [4.78, 5) is 24.0. The number of aryl methyl sites for hydroxylation is 2. The molecule has 1 aliphatic heterocycles. The second-order valence-corrected chi connectivity index (χ2v) is 10.4. The summed E-state index contributed by atoms with van der Waals surface area (Å²) in [6.07, 6.45) is 14.1. The SMILES string of the molecule is CC1(Cn2cc(-c3cc4c(nc3-c3cnc5c(c3)C(=O)N(CCF)C5)CCC4)cn2)CCCC1. The van der Waals surface area contributed by atoms with Crippen LogP contribution in [0.1, 0.15) is 66.3 Å². The van der Waals surface area contributed by atoms with Gasteiger partial charge in [-0.2, -0.15) is 5.10 Å². The van der Waals surface area contributed by atoms with Gasteiger partial charge in [0.15, 0.2) is 0 Å². The number of nitrogens with zero attached hydrogens (tertiary/aromatic N) is 5. The Morgan fingerprint density at radius 1 is 1.03 bits per heavy atom. The van der Waals surface area contributed by atoms with Crippen molar-refractivity contribution in [3.63, 3.8) is 0 Å². The summed E-state index contributed by atoms with van der Waals surface area (Å²) >= 11 is 0. The Hall–Kier alpha value is -3.09. The first-order valence-corrected chi connectivity index (χ1v) is 12.4. The van der Waals surface area contributed by atoms with E-state index in [4.69, 9.17) is 10.1 Å². The molecular weight excluding hydrogens is 429 g/mol. The molecule has 3 aromatic heterocycles. The fraction of sp³-hybridized carbons (Fsp3) is 0.481. The number of aromatic nitrogens is 4. The van der Waals surface area contributed by atoms with Gasteiger partial charge in [-0.3, -0.25) is 19.4 Å². The van der Waals surface area contributed by atoms with Crippen LogP contribution in [0.3, 0.4) is 0 Å². The molecule has 0 aromatic carbocycles. The normalized spacial score (nSPS) is 18.5. The molecule has 0 radical (unpaired) electrons. The topological polar surface area (TPSA) is 63.9 Å². The van der Waals surface area contributed by atoms with Crippen LogP contribution in [-0.4, -0.2) is 43.8 Å². The number of fused-ring (bicyclic) bond motifs is 2. The number of hydrogen-bond acceptors (Lipinski definition) is 4. The summed E-state index contributed by atoms with van der Waals surface area (Å²) < 4.78 is 15.0. The largest absolute Gasteiger partial charge is 0.330 e. The maximum Gasteiger partial charge on any atom is 0.256 e. The summed E-state index contributed by atoms with van der Waals surface area (Å²) in [5.74, 6) is -0.151. The number of pyridine rings is 2. The van der Waals surface area contributed by atoms with Crippen molar-refractivity contribution in [3.05, 3.63) is 53.2 Å². The molecule has 4 heterocycles. The number of alkyl halides is 1. The highest BCUT2D eigenvalue weighted by Crippen LogP contribution is 2.40. The average molecular weight is 460 g/mol. The van der Waals surface area contributed by atoms with E-state index in [2.05, 4.69) is 28.9 Å². The van der Waals surface area contributed by atoms with Gasteiger partial charge in [-0.1, -0.05) is 19.8 Å². The molecule has 3 aliphatic rings. The number of carbonyl (C=O) groups is 1. The zero-order chi connectivity index (χ0) is 23.3. The van der Waals surface area contributed by atoms with Crippen LogP contribution in [0.15, 0.2) is 30.7 Å². The number of carbonyl (C=O) groups excluding carboxylic acids is 1. The molecule has 0 N–H and O–H groups in total. The van der Waals surface area contributed by atoms with E-state index < -0.39 is 6.67 Å². The van der Waals surface area contributed by atoms with Crippen molar-refractivity contribution < 1.29 is 9.18 Å². The lowest BCUT2D eigenvalue weighted by Crippen LogP contribution is -2.26. The highest BCUT2D eigenvalue weighted by Gasteiger charge is 2.31. The summed E-state index contributed by atoms with van der Waals surface area (Å²) in [6.45, 7) is 3.22. The van der Waals surface area contributed by atoms with E-state index in [1.54, 1.807) is 0 Å². The molecule has 1 fully saturated rings. The minimum Gasteiger partial charge on any atom is -0.330 e. The molecule has 34 heavy (non-hydrogen) atoms. The first-order valence-electron chi connectivity index (χ1n) is 12.4. The lowest BCUT2D eigenvalue weighted by Gasteiger charge is -2.23. The van der Waals surface area contributed by atoms with E-state index in [0.29, 0.717) is 23.2 Å². The molecule has 0 saturated heterocycles. The van der Waals surface area contributed by atoms with Gasteiger partial charge in [0, 0.05) is 47.9 Å². The lowest BCUT2D eigenvalue weighted by atomic mass is 9.89. The Kier molecular flexibility index (Phi) is 5.23. The van der Waals surface area contributed by atoms with Crippen LogP contribution in [0.2, 0.25) is 0 Å². The standard InChI is InChI=1S/C27H30FN5O/c1-27(7-2-3-8-27)17-33-15-20(14-30-33)21-11-18-5-4-6-23(18)31-25(21)19-12-22-24(29-13-19)16-32(10-9-28)26(22)34/h11-15H,2-10,16-17H2,1H3. The quantitative estimate of drug-likeness (QED) is 0.520. The minimum absolute atomic E-state index is 0.102. The third-order valence-electron chi connectivity index (χ3n) is 7.81. The summed E-state index contributed by atoms with van der Waals surface area (Å²) in [5.41, 5.74) is 7.78. The first-order chi connectivity index (χ1) is 16.5. The van der Waals surface area contributed by atoms with Gasteiger partial charge in [0.05, 0.1) is 29.7 Å². The van der Waals surface area contributed by atoms with Crippen LogP contribution in [-0.2, 0) is 25.9 Å². The first kappa shape index (κ1) is 21.4. The number of amides is 1. The predicted octanol–water partition coefficient (Wildman–Crippen LogP) is 5.00. The molecule has 6 rings (SSSR count). The monoisotopic (exact) mass is 459 g/mol. The van der Waals surface area contributed by atoms with Crippen molar-refractivity contribution in [2.75, 3.05) is 13.2 Å². The van der Waals surface area contributed by atoms with Gasteiger partial charge < -0.3 is 4.90 Å². The molecule has 0 spiro atoms. The second-order valence-electron chi connectivity index (χ2n) is 10.4. The summed E-state index contributed by atoms with van der Waals surface area (Å²) in [7, 11) is 0. The molecule has 1 saturated carbocycles. The summed E-state index contributed by atoms with van der Waals surface area (Å²) in [5, 5.41) is 4.71. The van der Waals surface area contributed by atoms with Crippen LogP contribution >= 0.6 is 0 Å². The molecule has 6 nitrogen and oxygen atoms in total. The van der Waals surface area contributed by atoms with E-state index in [0.717, 1.165) is 53.9 Å². The van der Waals surface area contributed by atoms with E-state index in [1.165, 1.54) is 36.1 Å². The zero-order valence-corrected chi connectivity index (χ0v) is 19.7. The van der Waals surface area contributed by atoms with Crippen molar-refractivity contribution in [1.82, 2.24) is 24.6 Å². The molecule has 0 atom stereocenters. The van der Waals surface area contributed by atoms with Crippen molar-refractivity contribution in [1.29, 1.82) is 0 Å². The maximum absolute atomic E-state index is 12.9. The molecule has 1 amide bonds. The van der Waals surface area contributed by atoms with Crippen molar-refractivity contribution in [2.24, 2.45) is 5.41 Å². The fourth-order valence-electron chi connectivity index (χ4n) is 5.92. The number of halogens is 1. The van der Waals surface area contributed by atoms with Gasteiger partial charge in [-0.05, 0) is 55.2 Å². The van der Waals surface area contributed by atoms with E-state index >= 15 is 0 Å².